The zero-order valence-electron chi connectivity index (χ0n) is 12.6. The van der Waals surface area contributed by atoms with Gasteiger partial charge < -0.3 is 10.2 Å². The maximum Gasteiger partial charge on any atom is 0.0447 e. The van der Waals surface area contributed by atoms with Crippen LogP contribution in [-0.4, -0.2) is 31.6 Å². The molecule has 1 rings (SSSR count). The topological polar surface area (TPSA) is 15.3 Å². The van der Waals surface area contributed by atoms with Gasteiger partial charge in [0.05, 0.1) is 0 Å². The lowest BCUT2D eigenvalue weighted by Crippen LogP contribution is -2.34. The first kappa shape index (κ1) is 15.2. The Balaban J connectivity index is 2.81. The highest BCUT2D eigenvalue weighted by Gasteiger charge is 2.13. The van der Waals surface area contributed by atoms with Gasteiger partial charge in [-0.15, -0.1) is 0 Å². The molecule has 0 aliphatic rings. The number of rotatable bonds is 7. The molecule has 0 fully saturated rings. The van der Waals surface area contributed by atoms with E-state index < -0.39 is 0 Å². The quantitative estimate of drug-likeness (QED) is 0.796. The van der Waals surface area contributed by atoms with Crippen molar-refractivity contribution in [3.05, 3.63) is 34.9 Å². The van der Waals surface area contributed by atoms with E-state index in [-0.39, 0.29) is 0 Å². The van der Waals surface area contributed by atoms with Gasteiger partial charge >= 0.3 is 0 Å². The lowest BCUT2D eigenvalue weighted by Gasteiger charge is -2.26. The molecule has 0 saturated heterocycles. The third-order valence-corrected chi connectivity index (χ3v) is 3.42. The van der Waals surface area contributed by atoms with E-state index in [1.807, 2.05) is 0 Å². The Morgan fingerprint density at radius 1 is 1.11 bits per heavy atom. The molecule has 1 N–H and O–H groups in total. The molecule has 1 aromatic carbocycles. The van der Waals surface area contributed by atoms with Crippen molar-refractivity contribution in [2.75, 3.05) is 26.7 Å². The van der Waals surface area contributed by atoms with Crippen molar-refractivity contribution < 1.29 is 0 Å². The number of hydrogen-bond donors (Lipinski definition) is 1. The number of nitrogens with zero attached hydrogens (tertiary/aromatic N) is 1. The predicted molar refractivity (Wildman–Crippen MR) is 80.1 cm³/mol. The molecule has 0 saturated carbocycles. The molecule has 0 amide bonds. The molecular formula is C16H28N2. The summed E-state index contributed by atoms with van der Waals surface area (Å²) in [6.07, 6.45) is 1.22. The van der Waals surface area contributed by atoms with Gasteiger partial charge in [-0.2, -0.15) is 0 Å². The van der Waals surface area contributed by atoms with Gasteiger partial charge in [0.15, 0.2) is 0 Å². The van der Waals surface area contributed by atoms with Gasteiger partial charge in [0.25, 0.3) is 0 Å². The first-order valence-corrected chi connectivity index (χ1v) is 7.08. The molecule has 1 aromatic rings. The maximum atomic E-state index is 3.45. The van der Waals surface area contributed by atoms with Crippen molar-refractivity contribution >= 4 is 0 Å². The molecule has 18 heavy (non-hydrogen) atoms. The lowest BCUT2D eigenvalue weighted by atomic mass is 10.0. The number of likely N-dealkylation sites (N-methyl/N-ethyl adjacent to an activating group) is 2. The van der Waals surface area contributed by atoms with Crippen LogP contribution < -0.4 is 5.32 Å². The van der Waals surface area contributed by atoms with Gasteiger partial charge in [0.2, 0.25) is 0 Å². The van der Waals surface area contributed by atoms with Crippen LogP contribution in [0, 0.1) is 13.8 Å². The second-order valence-corrected chi connectivity index (χ2v) is 5.16. The van der Waals surface area contributed by atoms with Crippen LogP contribution >= 0.6 is 0 Å². The summed E-state index contributed by atoms with van der Waals surface area (Å²) >= 11 is 0. The minimum Gasteiger partial charge on any atom is -0.312 e. The largest absolute Gasteiger partial charge is 0.312 e. The summed E-state index contributed by atoms with van der Waals surface area (Å²) in [5.74, 6) is 0. The highest BCUT2D eigenvalue weighted by Crippen LogP contribution is 2.18. The summed E-state index contributed by atoms with van der Waals surface area (Å²) in [7, 11) is 2.06. The molecule has 2 heteroatoms. The van der Waals surface area contributed by atoms with Crippen LogP contribution in [0.4, 0.5) is 0 Å². The molecule has 102 valence electrons. The first-order chi connectivity index (χ1) is 8.60. The molecule has 0 aromatic heterocycles. The third-order valence-electron chi connectivity index (χ3n) is 3.42. The fourth-order valence-corrected chi connectivity index (χ4v) is 2.53. The lowest BCUT2D eigenvalue weighted by molar-refractivity contribution is 0.258. The summed E-state index contributed by atoms with van der Waals surface area (Å²) in [6, 6.07) is 7.26. The Kier molecular flexibility index (Phi) is 6.37. The molecule has 0 heterocycles. The van der Waals surface area contributed by atoms with Crippen molar-refractivity contribution in [2.45, 2.75) is 40.2 Å². The van der Waals surface area contributed by atoms with Crippen LogP contribution in [-0.2, 0) is 0 Å². The molecule has 0 aliphatic carbocycles. The Morgan fingerprint density at radius 2 is 1.72 bits per heavy atom. The SMILES string of the molecule is CCCN(CC)CC(NC)c1cc(C)cc(C)c1. The van der Waals surface area contributed by atoms with E-state index in [1.54, 1.807) is 0 Å². The number of hydrogen-bond acceptors (Lipinski definition) is 2. The monoisotopic (exact) mass is 248 g/mol. The third kappa shape index (κ3) is 4.43. The molecule has 1 unspecified atom stereocenters. The molecule has 2 nitrogen and oxygen atoms in total. The van der Waals surface area contributed by atoms with Crippen LogP contribution in [0.5, 0.6) is 0 Å². The van der Waals surface area contributed by atoms with E-state index in [4.69, 9.17) is 0 Å². The Bertz CT molecular complexity index is 340. The van der Waals surface area contributed by atoms with Crippen LogP contribution in [0.15, 0.2) is 18.2 Å². The van der Waals surface area contributed by atoms with Crippen LogP contribution in [0.1, 0.15) is 43.0 Å². The van der Waals surface area contributed by atoms with Crippen LogP contribution in [0.2, 0.25) is 0 Å². The molecule has 0 radical (unpaired) electrons. The Labute approximate surface area is 112 Å². The first-order valence-electron chi connectivity index (χ1n) is 7.08. The Hall–Kier alpha value is -0.860. The zero-order valence-corrected chi connectivity index (χ0v) is 12.6. The normalized spacial score (nSPS) is 13.0. The van der Waals surface area contributed by atoms with Crippen LogP contribution in [0.3, 0.4) is 0 Å². The molecule has 0 spiro atoms. The van der Waals surface area contributed by atoms with Crippen molar-refractivity contribution in [1.82, 2.24) is 10.2 Å². The van der Waals surface area contributed by atoms with Crippen molar-refractivity contribution in [1.29, 1.82) is 0 Å². The number of aryl methyl sites for hydroxylation is 2. The van der Waals surface area contributed by atoms with Crippen molar-refractivity contribution in [3.63, 3.8) is 0 Å². The van der Waals surface area contributed by atoms with Gasteiger partial charge in [0, 0.05) is 12.6 Å². The summed E-state index contributed by atoms with van der Waals surface area (Å²) < 4.78 is 0. The second-order valence-electron chi connectivity index (χ2n) is 5.16. The van der Waals surface area contributed by atoms with E-state index in [0.717, 1.165) is 13.1 Å². The molecule has 1 atom stereocenters. The second kappa shape index (κ2) is 7.55. The summed E-state index contributed by atoms with van der Waals surface area (Å²) in [6.45, 7) is 12.2. The van der Waals surface area contributed by atoms with Crippen molar-refractivity contribution in [3.8, 4) is 0 Å². The maximum absolute atomic E-state index is 3.45. The average molecular weight is 248 g/mol. The Morgan fingerprint density at radius 3 is 2.17 bits per heavy atom. The van der Waals surface area contributed by atoms with E-state index in [0.29, 0.717) is 6.04 Å². The zero-order chi connectivity index (χ0) is 13.5. The van der Waals surface area contributed by atoms with Gasteiger partial charge in [-0.1, -0.05) is 43.2 Å². The summed E-state index contributed by atoms with van der Waals surface area (Å²) in [5, 5.41) is 3.45. The van der Waals surface area contributed by atoms with Gasteiger partial charge in [-0.25, -0.2) is 0 Å². The van der Waals surface area contributed by atoms with Crippen LogP contribution in [0.25, 0.3) is 0 Å². The number of benzene rings is 1. The van der Waals surface area contributed by atoms with Gasteiger partial charge in [0.1, 0.15) is 0 Å². The fourth-order valence-electron chi connectivity index (χ4n) is 2.53. The van der Waals surface area contributed by atoms with E-state index in [2.05, 4.69) is 63.2 Å². The van der Waals surface area contributed by atoms with E-state index >= 15 is 0 Å². The molecular weight excluding hydrogens is 220 g/mol. The summed E-state index contributed by atoms with van der Waals surface area (Å²) in [4.78, 5) is 2.51. The minimum absolute atomic E-state index is 0.426. The smallest absolute Gasteiger partial charge is 0.0447 e. The highest BCUT2D eigenvalue weighted by atomic mass is 15.1. The van der Waals surface area contributed by atoms with E-state index in [9.17, 15) is 0 Å². The predicted octanol–water partition coefficient (Wildman–Crippen LogP) is 3.30. The molecule has 0 aliphatic heterocycles. The molecule has 0 bridgehead atoms. The fraction of sp³-hybridized carbons (Fsp3) is 0.625. The highest BCUT2D eigenvalue weighted by molar-refractivity contribution is 5.30. The minimum atomic E-state index is 0.426. The average Bonchev–Trinajstić information content (AvgIpc) is 2.33. The standard InChI is InChI=1S/C16H28N2/c1-6-8-18(7-2)12-16(17-5)15-10-13(3)9-14(4)11-15/h9-11,16-17H,6-8,12H2,1-5H3. The van der Waals surface area contributed by atoms with E-state index in [1.165, 1.54) is 29.7 Å². The van der Waals surface area contributed by atoms with Gasteiger partial charge in [-0.3, -0.25) is 0 Å². The number of nitrogens with one attached hydrogen (secondary N) is 1. The van der Waals surface area contributed by atoms with Gasteiger partial charge in [-0.05, 0) is 46.0 Å². The summed E-state index contributed by atoms with van der Waals surface area (Å²) in [5.41, 5.74) is 4.11. The van der Waals surface area contributed by atoms with Crippen molar-refractivity contribution in [2.24, 2.45) is 0 Å².